The molecule has 0 aromatic heterocycles. The Balaban J connectivity index is 3.29. The Kier molecular flexibility index (Phi) is 2.99. The lowest BCUT2D eigenvalue weighted by atomic mass is 10.1. The maximum atomic E-state index is 12.4. The van der Waals surface area contributed by atoms with E-state index in [9.17, 15) is 18.0 Å². The van der Waals surface area contributed by atoms with Gasteiger partial charge >= 0.3 is 6.18 Å². The molecule has 1 aromatic carbocycles. The highest BCUT2D eigenvalue weighted by atomic mass is 79.9. The molecule has 1 rings (SSSR count). The average Bonchev–Trinajstić information content (AvgIpc) is 2.02. The maximum Gasteiger partial charge on any atom is 0.417 e. The van der Waals surface area contributed by atoms with Gasteiger partial charge in [0.25, 0.3) is 0 Å². The molecule has 0 bridgehead atoms. The molecule has 0 radical (unpaired) electrons. The number of carbonyl (C=O) groups excluding carboxylic acids is 1. The van der Waals surface area contributed by atoms with Gasteiger partial charge in [-0.25, -0.2) is 0 Å². The van der Waals surface area contributed by atoms with E-state index in [0.717, 1.165) is 6.07 Å². The number of hydrogen-bond donors (Lipinski definition) is 0. The molecule has 1 aromatic rings. The Morgan fingerprint density at radius 3 is 2.36 bits per heavy atom. The van der Waals surface area contributed by atoms with Gasteiger partial charge in [-0.3, -0.25) is 4.79 Å². The van der Waals surface area contributed by atoms with Crippen molar-refractivity contribution < 1.29 is 18.0 Å². The zero-order chi connectivity index (χ0) is 10.9. The molecule has 0 aliphatic heterocycles. The van der Waals surface area contributed by atoms with E-state index in [1.807, 2.05) is 0 Å². The summed E-state index contributed by atoms with van der Waals surface area (Å²) in [6, 6.07) is 3.41. The number of ketones is 1. The van der Waals surface area contributed by atoms with Gasteiger partial charge in [-0.1, -0.05) is 22.0 Å². The number of carbonyl (C=O) groups is 1. The van der Waals surface area contributed by atoms with E-state index in [1.54, 1.807) is 0 Å². The lowest BCUT2D eigenvalue weighted by Crippen LogP contribution is -2.07. The highest BCUT2D eigenvalue weighted by Gasteiger charge is 2.33. The van der Waals surface area contributed by atoms with Crippen LogP contribution in [0.2, 0.25) is 0 Å². The lowest BCUT2D eigenvalue weighted by Gasteiger charge is -2.09. The molecule has 0 atom stereocenters. The van der Waals surface area contributed by atoms with Crippen molar-refractivity contribution in [2.24, 2.45) is 0 Å². The SMILES string of the molecule is CC(=O)c1ccc(Br)c(C(F)(F)F)c1. The molecule has 0 unspecified atom stereocenters. The first kappa shape index (κ1) is 11.2. The molecule has 1 nitrogen and oxygen atoms in total. The fourth-order valence-electron chi connectivity index (χ4n) is 0.962. The van der Waals surface area contributed by atoms with Gasteiger partial charge < -0.3 is 0 Å². The monoisotopic (exact) mass is 266 g/mol. The maximum absolute atomic E-state index is 12.4. The molecular formula is C9H6BrF3O. The van der Waals surface area contributed by atoms with Crippen LogP contribution in [0.25, 0.3) is 0 Å². The summed E-state index contributed by atoms with van der Waals surface area (Å²) in [5.41, 5.74) is -0.772. The van der Waals surface area contributed by atoms with Gasteiger partial charge in [-0.2, -0.15) is 13.2 Å². The minimum Gasteiger partial charge on any atom is -0.295 e. The van der Waals surface area contributed by atoms with Crippen LogP contribution in [-0.2, 0) is 6.18 Å². The molecule has 0 saturated heterocycles. The molecule has 5 heteroatoms. The summed E-state index contributed by atoms with van der Waals surface area (Å²) in [5, 5.41) is 0. The van der Waals surface area contributed by atoms with Crippen LogP contribution in [0.3, 0.4) is 0 Å². The molecule has 0 amide bonds. The third kappa shape index (κ3) is 2.35. The first-order valence-corrected chi connectivity index (χ1v) is 4.49. The Morgan fingerprint density at radius 2 is 1.93 bits per heavy atom. The molecule has 0 fully saturated rings. The first-order chi connectivity index (χ1) is 6.32. The number of halogens is 4. The second kappa shape index (κ2) is 3.73. The van der Waals surface area contributed by atoms with E-state index in [4.69, 9.17) is 0 Å². The number of rotatable bonds is 1. The summed E-state index contributed by atoms with van der Waals surface area (Å²) in [4.78, 5) is 10.9. The Morgan fingerprint density at radius 1 is 1.36 bits per heavy atom. The van der Waals surface area contributed by atoms with Crippen LogP contribution in [0.1, 0.15) is 22.8 Å². The highest BCUT2D eigenvalue weighted by molar-refractivity contribution is 9.10. The highest BCUT2D eigenvalue weighted by Crippen LogP contribution is 2.35. The number of alkyl halides is 3. The van der Waals surface area contributed by atoms with Crippen molar-refractivity contribution in [1.29, 1.82) is 0 Å². The van der Waals surface area contributed by atoms with Crippen molar-refractivity contribution in [2.45, 2.75) is 13.1 Å². The third-order valence-corrected chi connectivity index (χ3v) is 2.37. The van der Waals surface area contributed by atoms with Gasteiger partial charge in [0.2, 0.25) is 0 Å². The summed E-state index contributed by atoms with van der Waals surface area (Å²) in [6.07, 6.45) is -4.44. The summed E-state index contributed by atoms with van der Waals surface area (Å²) < 4.78 is 37.0. The molecule has 0 N–H and O–H groups in total. The normalized spacial score (nSPS) is 11.5. The number of hydrogen-bond acceptors (Lipinski definition) is 1. The molecule has 0 aliphatic carbocycles. The van der Waals surface area contributed by atoms with E-state index in [0.29, 0.717) is 0 Å². The van der Waals surface area contributed by atoms with Crippen molar-refractivity contribution in [3.63, 3.8) is 0 Å². The Hall–Kier alpha value is -0.840. The number of Topliss-reactive ketones (excluding diaryl/α,β-unsaturated/α-hetero) is 1. The quantitative estimate of drug-likeness (QED) is 0.709. The van der Waals surface area contributed by atoms with Crippen LogP contribution in [-0.4, -0.2) is 5.78 Å². The van der Waals surface area contributed by atoms with Crippen molar-refractivity contribution in [3.05, 3.63) is 33.8 Å². The van der Waals surface area contributed by atoms with Crippen LogP contribution >= 0.6 is 15.9 Å². The van der Waals surface area contributed by atoms with Crippen molar-refractivity contribution >= 4 is 21.7 Å². The third-order valence-electron chi connectivity index (χ3n) is 1.68. The minimum atomic E-state index is -4.44. The van der Waals surface area contributed by atoms with Crippen LogP contribution in [0.5, 0.6) is 0 Å². The minimum absolute atomic E-state index is 0.0560. The molecule has 76 valence electrons. The molecule has 0 aliphatic rings. The second-order valence-electron chi connectivity index (χ2n) is 2.75. The van der Waals surface area contributed by atoms with Crippen LogP contribution in [0, 0.1) is 0 Å². The van der Waals surface area contributed by atoms with Crippen molar-refractivity contribution in [2.75, 3.05) is 0 Å². The molecule has 0 spiro atoms. The van der Waals surface area contributed by atoms with Crippen molar-refractivity contribution in [1.82, 2.24) is 0 Å². The largest absolute Gasteiger partial charge is 0.417 e. The Bertz CT molecular complexity index is 371. The van der Waals surface area contributed by atoms with Gasteiger partial charge in [0.15, 0.2) is 5.78 Å². The van der Waals surface area contributed by atoms with Crippen LogP contribution in [0.4, 0.5) is 13.2 Å². The first-order valence-electron chi connectivity index (χ1n) is 3.70. The fourth-order valence-corrected chi connectivity index (χ4v) is 1.43. The lowest BCUT2D eigenvalue weighted by molar-refractivity contribution is -0.138. The summed E-state index contributed by atoms with van der Waals surface area (Å²) in [5.74, 6) is -0.386. The van der Waals surface area contributed by atoms with Gasteiger partial charge in [0, 0.05) is 10.0 Å². The fraction of sp³-hybridized carbons (Fsp3) is 0.222. The molecule has 14 heavy (non-hydrogen) atoms. The molecular weight excluding hydrogens is 261 g/mol. The van der Waals surface area contributed by atoms with E-state index < -0.39 is 11.7 Å². The summed E-state index contributed by atoms with van der Waals surface area (Å²) >= 11 is 2.78. The number of benzene rings is 1. The zero-order valence-electron chi connectivity index (χ0n) is 7.15. The summed E-state index contributed by atoms with van der Waals surface area (Å²) in [6.45, 7) is 1.23. The van der Waals surface area contributed by atoms with E-state index in [-0.39, 0.29) is 15.8 Å². The molecule has 0 heterocycles. The van der Waals surface area contributed by atoms with Gasteiger partial charge in [0.1, 0.15) is 0 Å². The molecule has 0 saturated carbocycles. The van der Waals surface area contributed by atoms with E-state index in [2.05, 4.69) is 15.9 Å². The second-order valence-corrected chi connectivity index (χ2v) is 3.60. The summed E-state index contributed by atoms with van der Waals surface area (Å²) in [7, 11) is 0. The van der Waals surface area contributed by atoms with Crippen LogP contribution in [0.15, 0.2) is 22.7 Å². The smallest absolute Gasteiger partial charge is 0.295 e. The topological polar surface area (TPSA) is 17.1 Å². The zero-order valence-corrected chi connectivity index (χ0v) is 8.74. The average molecular weight is 267 g/mol. The van der Waals surface area contributed by atoms with Gasteiger partial charge in [-0.15, -0.1) is 0 Å². The van der Waals surface area contributed by atoms with Crippen LogP contribution < -0.4 is 0 Å². The van der Waals surface area contributed by atoms with E-state index >= 15 is 0 Å². The predicted molar refractivity (Wildman–Crippen MR) is 49.1 cm³/mol. The van der Waals surface area contributed by atoms with Gasteiger partial charge in [0.05, 0.1) is 5.56 Å². The predicted octanol–water partition coefficient (Wildman–Crippen LogP) is 3.67. The Labute approximate surface area is 87.1 Å². The van der Waals surface area contributed by atoms with Gasteiger partial charge in [-0.05, 0) is 19.1 Å². The van der Waals surface area contributed by atoms with E-state index in [1.165, 1.54) is 19.1 Å². The van der Waals surface area contributed by atoms with Crippen molar-refractivity contribution in [3.8, 4) is 0 Å². The standard InChI is InChI=1S/C9H6BrF3O/c1-5(14)6-2-3-8(10)7(4-6)9(11,12)13/h2-4H,1H3.